The number of aryl methyl sites for hydroxylation is 1. The lowest BCUT2D eigenvalue weighted by Gasteiger charge is -2.32. The SMILES string of the molecule is CCCCN1CCC(CNc2ncnc3oc(C)nc23)CC1. The normalized spacial score (nSPS) is 17.2. The van der Waals surface area contributed by atoms with Crippen LogP contribution in [0, 0.1) is 12.8 Å². The van der Waals surface area contributed by atoms with E-state index in [1.165, 1.54) is 51.6 Å². The molecule has 2 aromatic rings. The summed E-state index contributed by atoms with van der Waals surface area (Å²) in [4.78, 5) is 15.4. The smallest absolute Gasteiger partial charge is 0.252 e. The summed E-state index contributed by atoms with van der Waals surface area (Å²) in [5, 5.41) is 3.44. The molecule has 3 heterocycles. The largest absolute Gasteiger partial charge is 0.422 e. The quantitative estimate of drug-likeness (QED) is 0.885. The molecule has 0 saturated carbocycles. The van der Waals surface area contributed by atoms with E-state index in [1.807, 2.05) is 6.92 Å². The molecule has 1 N–H and O–H groups in total. The summed E-state index contributed by atoms with van der Waals surface area (Å²) < 4.78 is 5.44. The molecule has 1 aliphatic heterocycles. The van der Waals surface area contributed by atoms with Crippen LogP contribution in [0.4, 0.5) is 5.82 Å². The van der Waals surface area contributed by atoms with Crippen LogP contribution in [-0.4, -0.2) is 46.0 Å². The second kappa shape index (κ2) is 7.05. The Balaban J connectivity index is 1.52. The molecule has 0 radical (unpaired) electrons. The average Bonchev–Trinajstić information content (AvgIpc) is 2.92. The van der Waals surface area contributed by atoms with Gasteiger partial charge in [-0.2, -0.15) is 4.98 Å². The molecular formula is C16H25N5O. The van der Waals surface area contributed by atoms with E-state index >= 15 is 0 Å². The van der Waals surface area contributed by atoms with Crippen molar-refractivity contribution in [2.75, 3.05) is 31.5 Å². The van der Waals surface area contributed by atoms with Gasteiger partial charge in [0.15, 0.2) is 17.2 Å². The van der Waals surface area contributed by atoms with E-state index in [2.05, 4.69) is 32.1 Å². The van der Waals surface area contributed by atoms with Crippen molar-refractivity contribution < 1.29 is 4.42 Å². The first-order valence-corrected chi connectivity index (χ1v) is 8.30. The van der Waals surface area contributed by atoms with Crippen LogP contribution >= 0.6 is 0 Å². The van der Waals surface area contributed by atoms with Crippen LogP contribution in [0.1, 0.15) is 38.5 Å². The van der Waals surface area contributed by atoms with Gasteiger partial charge in [-0.25, -0.2) is 9.97 Å². The molecule has 0 aromatic carbocycles. The van der Waals surface area contributed by atoms with Gasteiger partial charge in [0.05, 0.1) is 0 Å². The molecule has 120 valence electrons. The standard InChI is InChI=1S/C16H25N5O/c1-3-4-7-21-8-5-13(6-9-21)10-17-15-14-16(19-11-18-15)22-12(2)20-14/h11,13H,3-10H2,1-2H3,(H,17,18,19). The monoisotopic (exact) mass is 303 g/mol. The van der Waals surface area contributed by atoms with Crippen molar-refractivity contribution >= 4 is 17.0 Å². The predicted octanol–water partition coefficient (Wildman–Crippen LogP) is 2.85. The lowest BCUT2D eigenvalue weighted by atomic mass is 9.96. The van der Waals surface area contributed by atoms with E-state index in [1.54, 1.807) is 0 Å². The number of fused-ring (bicyclic) bond motifs is 1. The maximum absolute atomic E-state index is 5.44. The Labute approximate surface area is 131 Å². The summed E-state index contributed by atoms with van der Waals surface area (Å²) in [6.45, 7) is 8.71. The number of piperidine rings is 1. The highest BCUT2D eigenvalue weighted by Crippen LogP contribution is 2.22. The summed E-state index contributed by atoms with van der Waals surface area (Å²) in [5.74, 6) is 2.12. The summed E-state index contributed by atoms with van der Waals surface area (Å²) in [6.07, 6.45) is 6.63. The molecule has 0 bridgehead atoms. The van der Waals surface area contributed by atoms with Gasteiger partial charge in [0.25, 0.3) is 5.71 Å². The molecule has 0 aliphatic carbocycles. The van der Waals surface area contributed by atoms with Crippen LogP contribution in [0.3, 0.4) is 0 Å². The molecule has 6 nitrogen and oxygen atoms in total. The van der Waals surface area contributed by atoms with Crippen molar-refractivity contribution in [1.82, 2.24) is 19.9 Å². The number of anilines is 1. The van der Waals surface area contributed by atoms with Crippen LogP contribution in [0.5, 0.6) is 0 Å². The van der Waals surface area contributed by atoms with Gasteiger partial charge in [-0.3, -0.25) is 0 Å². The van der Waals surface area contributed by atoms with Gasteiger partial charge in [0.1, 0.15) is 6.33 Å². The van der Waals surface area contributed by atoms with Crippen molar-refractivity contribution in [2.24, 2.45) is 5.92 Å². The van der Waals surface area contributed by atoms with E-state index in [9.17, 15) is 0 Å². The molecule has 0 amide bonds. The number of rotatable bonds is 6. The van der Waals surface area contributed by atoms with Crippen LogP contribution < -0.4 is 5.32 Å². The average molecular weight is 303 g/mol. The molecular weight excluding hydrogens is 278 g/mol. The number of oxazole rings is 1. The van der Waals surface area contributed by atoms with Crippen molar-refractivity contribution in [3.63, 3.8) is 0 Å². The second-order valence-electron chi connectivity index (χ2n) is 6.13. The summed E-state index contributed by atoms with van der Waals surface area (Å²) >= 11 is 0. The number of nitrogens with one attached hydrogen (secondary N) is 1. The lowest BCUT2D eigenvalue weighted by Crippen LogP contribution is -2.36. The number of nitrogens with zero attached hydrogens (tertiary/aromatic N) is 4. The maximum atomic E-state index is 5.44. The minimum atomic E-state index is 0.560. The zero-order chi connectivity index (χ0) is 15.4. The van der Waals surface area contributed by atoms with Gasteiger partial charge in [0, 0.05) is 13.5 Å². The number of likely N-dealkylation sites (tertiary alicyclic amines) is 1. The first-order chi connectivity index (χ1) is 10.8. The lowest BCUT2D eigenvalue weighted by molar-refractivity contribution is 0.187. The highest BCUT2D eigenvalue weighted by molar-refractivity contribution is 5.80. The van der Waals surface area contributed by atoms with E-state index in [0.29, 0.717) is 17.5 Å². The molecule has 2 aromatic heterocycles. The third-order valence-electron chi connectivity index (χ3n) is 4.40. The first-order valence-electron chi connectivity index (χ1n) is 8.30. The van der Waals surface area contributed by atoms with Gasteiger partial charge < -0.3 is 14.6 Å². The molecule has 3 rings (SSSR count). The topological polar surface area (TPSA) is 67.1 Å². The van der Waals surface area contributed by atoms with Gasteiger partial charge in [-0.1, -0.05) is 13.3 Å². The van der Waals surface area contributed by atoms with Crippen molar-refractivity contribution in [2.45, 2.75) is 39.5 Å². The highest BCUT2D eigenvalue weighted by atomic mass is 16.4. The van der Waals surface area contributed by atoms with Gasteiger partial charge in [-0.05, 0) is 44.8 Å². The zero-order valence-corrected chi connectivity index (χ0v) is 13.5. The Bertz CT molecular complexity index is 604. The fourth-order valence-electron chi connectivity index (χ4n) is 3.02. The number of aromatic nitrogens is 3. The van der Waals surface area contributed by atoms with Gasteiger partial charge in [-0.15, -0.1) is 0 Å². The molecule has 1 aliphatic rings. The van der Waals surface area contributed by atoms with Crippen LogP contribution in [0.15, 0.2) is 10.7 Å². The Morgan fingerprint density at radius 1 is 1.32 bits per heavy atom. The molecule has 0 atom stereocenters. The van der Waals surface area contributed by atoms with Crippen molar-refractivity contribution in [3.05, 3.63) is 12.2 Å². The Morgan fingerprint density at radius 3 is 2.91 bits per heavy atom. The molecule has 1 saturated heterocycles. The van der Waals surface area contributed by atoms with E-state index in [0.717, 1.165) is 17.9 Å². The molecule has 22 heavy (non-hydrogen) atoms. The Morgan fingerprint density at radius 2 is 2.14 bits per heavy atom. The summed E-state index contributed by atoms with van der Waals surface area (Å²) in [7, 11) is 0. The molecule has 0 unspecified atom stereocenters. The van der Waals surface area contributed by atoms with E-state index < -0.39 is 0 Å². The minimum Gasteiger partial charge on any atom is -0.422 e. The Kier molecular flexibility index (Phi) is 4.87. The van der Waals surface area contributed by atoms with Crippen LogP contribution in [0.25, 0.3) is 11.2 Å². The molecule has 0 spiro atoms. The van der Waals surface area contributed by atoms with E-state index in [-0.39, 0.29) is 0 Å². The summed E-state index contributed by atoms with van der Waals surface area (Å²) in [6, 6.07) is 0. The van der Waals surface area contributed by atoms with Gasteiger partial charge in [0.2, 0.25) is 0 Å². The second-order valence-corrected chi connectivity index (χ2v) is 6.13. The third-order valence-corrected chi connectivity index (χ3v) is 4.40. The fourth-order valence-corrected chi connectivity index (χ4v) is 3.02. The number of hydrogen-bond acceptors (Lipinski definition) is 6. The predicted molar refractivity (Wildman–Crippen MR) is 86.9 cm³/mol. The molecule has 1 fully saturated rings. The third kappa shape index (κ3) is 3.55. The van der Waals surface area contributed by atoms with Crippen LogP contribution in [0.2, 0.25) is 0 Å². The maximum Gasteiger partial charge on any atom is 0.252 e. The highest BCUT2D eigenvalue weighted by Gasteiger charge is 2.19. The first kappa shape index (κ1) is 15.2. The molecule has 6 heteroatoms. The zero-order valence-electron chi connectivity index (χ0n) is 13.5. The van der Waals surface area contributed by atoms with Gasteiger partial charge >= 0.3 is 0 Å². The fraction of sp³-hybridized carbons (Fsp3) is 0.688. The van der Waals surface area contributed by atoms with Crippen molar-refractivity contribution in [3.8, 4) is 0 Å². The summed E-state index contributed by atoms with van der Waals surface area (Å²) in [5.41, 5.74) is 1.30. The Hall–Kier alpha value is -1.69. The number of unbranched alkanes of at least 4 members (excludes halogenated alkanes) is 1. The number of hydrogen-bond donors (Lipinski definition) is 1. The van der Waals surface area contributed by atoms with Crippen molar-refractivity contribution in [1.29, 1.82) is 0 Å². The van der Waals surface area contributed by atoms with Crippen LogP contribution in [-0.2, 0) is 0 Å². The minimum absolute atomic E-state index is 0.560. The van der Waals surface area contributed by atoms with E-state index in [4.69, 9.17) is 4.42 Å².